The lowest BCUT2D eigenvalue weighted by Crippen LogP contribution is -2.11. The maximum Gasteiger partial charge on any atom is 0.368 e. The summed E-state index contributed by atoms with van der Waals surface area (Å²) >= 11 is 0. The Hall–Kier alpha value is -2.02. The van der Waals surface area contributed by atoms with Crippen LogP contribution >= 0.6 is 7.60 Å². The fraction of sp³-hybridized carbons (Fsp3) is 0.400. The van der Waals surface area contributed by atoms with Gasteiger partial charge in [0.05, 0.1) is 24.7 Å². The van der Waals surface area contributed by atoms with Gasteiger partial charge in [0.1, 0.15) is 5.31 Å². The van der Waals surface area contributed by atoms with Crippen molar-refractivity contribution in [2.24, 2.45) is 0 Å². The van der Waals surface area contributed by atoms with E-state index in [0.717, 1.165) is 0 Å². The minimum atomic E-state index is -3.86. The smallest absolute Gasteiger partial charge is 0.368 e. The van der Waals surface area contributed by atoms with Crippen molar-refractivity contribution < 1.29 is 28.1 Å². The third-order valence-corrected chi connectivity index (χ3v) is 4.88. The third kappa shape index (κ3) is 5.26. The van der Waals surface area contributed by atoms with Gasteiger partial charge in [0.25, 0.3) is 5.69 Å². The number of rotatable bonds is 9. The number of carbonyl (C=O) groups is 1. The van der Waals surface area contributed by atoms with Crippen LogP contribution in [0.3, 0.4) is 0 Å². The zero-order valence-corrected chi connectivity index (χ0v) is 14.7. The maximum atomic E-state index is 12.9. The number of esters is 1. The summed E-state index contributed by atoms with van der Waals surface area (Å²) in [5, 5.41) is 10.4. The van der Waals surface area contributed by atoms with Crippen LogP contribution in [0.1, 0.15) is 26.3 Å². The molecule has 0 aliphatic heterocycles. The average molecular weight is 357 g/mol. The summed E-state index contributed by atoms with van der Waals surface area (Å²) in [6.45, 7) is 5.12. The number of hydrogen-bond donors (Lipinski definition) is 0. The van der Waals surface area contributed by atoms with Crippen molar-refractivity contribution in [2.45, 2.75) is 20.8 Å². The molecule has 1 rings (SSSR count). The van der Waals surface area contributed by atoms with E-state index in [0.29, 0.717) is 5.56 Å². The molecule has 0 aliphatic rings. The molecular weight excluding hydrogens is 337 g/mol. The number of non-ortho nitro benzene ring substituents is 1. The fourth-order valence-electron chi connectivity index (χ4n) is 1.82. The molecule has 0 saturated carbocycles. The van der Waals surface area contributed by atoms with Crippen LogP contribution in [0, 0.1) is 10.1 Å². The van der Waals surface area contributed by atoms with Gasteiger partial charge in [-0.15, -0.1) is 0 Å². The highest BCUT2D eigenvalue weighted by atomic mass is 31.2. The minimum Gasteiger partial charge on any atom is -0.462 e. The quantitative estimate of drug-likeness (QED) is 0.218. The Bertz CT molecular complexity index is 644. The van der Waals surface area contributed by atoms with Crippen LogP contribution in [0.5, 0.6) is 0 Å². The molecule has 0 spiro atoms. The lowest BCUT2D eigenvalue weighted by Gasteiger charge is -2.19. The zero-order valence-electron chi connectivity index (χ0n) is 13.8. The molecule has 132 valence electrons. The first-order valence-electron chi connectivity index (χ1n) is 7.40. The number of nitrogens with zero attached hydrogens (tertiary/aromatic N) is 1. The Morgan fingerprint density at radius 1 is 1.12 bits per heavy atom. The predicted molar refractivity (Wildman–Crippen MR) is 88.6 cm³/mol. The van der Waals surface area contributed by atoms with Crippen LogP contribution in [0.2, 0.25) is 0 Å². The Morgan fingerprint density at radius 3 is 2.08 bits per heavy atom. The molecule has 0 atom stereocenters. The first kappa shape index (κ1) is 20.0. The van der Waals surface area contributed by atoms with Gasteiger partial charge in [0.2, 0.25) is 0 Å². The van der Waals surface area contributed by atoms with E-state index in [1.807, 2.05) is 0 Å². The Morgan fingerprint density at radius 2 is 1.67 bits per heavy atom. The fourth-order valence-corrected chi connectivity index (χ4v) is 3.45. The van der Waals surface area contributed by atoms with Crippen LogP contribution in [0.25, 0.3) is 6.08 Å². The predicted octanol–water partition coefficient (Wildman–Crippen LogP) is 3.76. The van der Waals surface area contributed by atoms with Crippen molar-refractivity contribution in [2.75, 3.05) is 19.8 Å². The van der Waals surface area contributed by atoms with Crippen molar-refractivity contribution in [3.8, 4) is 0 Å². The lowest BCUT2D eigenvalue weighted by atomic mass is 10.2. The van der Waals surface area contributed by atoms with Crippen molar-refractivity contribution in [3.05, 3.63) is 45.3 Å². The van der Waals surface area contributed by atoms with E-state index in [1.54, 1.807) is 20.8 Å². The molecule has 0 amide bonds. The number of nitro groups is 1. The summed E-state index contributed by atoms with van der Waals surface area (Å²) in [5.41, 5.74) is 0.339. The van der Waals surface area contributed by atoms with Gasteiger partial charge in [-0.3, -0.25) is 14.7 Å². The molecule has 9 heteroatoms. The molecule has 0 radical (unpaired) electrons. The highest BCUT2D eigenvalue weighted by Crippen LogP contribution is 2.57. The number of carbonyl (C=O) groups excluding carboxylic acids is 1. The second kappa shape index (κ2) is 9.32. The summed E-state index contributed by atoms with van der Waals surface area (Å²) < 4.78 is 28.2. The van der Waals surface area contributed by atoms with E-state index in [1.165, 1.54) is 30.3 Å². The molecular formula is C15H20NO7P. The molecule has 24 heavy (non-hydrogen) atoms. The van der Waals surface area contributed by atoms with Crippen molar-refractivity contribution in [1.29, 1.82) is 0 Å². The monoisotopic (exact) mass is 357 g/mol. The standard InChI is InChI=1S/C15H20NO7P/c1-4-21-15(17)14(24(20,22-5-2)23-6-3)11-12-7-9-13(10-8-12)16(18)19/h7-11H,4-6H2,1-3H3/b14-11+. The lowest BCUT2D eigenvalue weighted by molar-refractivity contribution is -0.384. The average Bonchev–Trinajstić information content (AvgIpc) is 2.53. The van der Waals surface area contributed by atoms with Gasteiger partial charge in [0, 0.05) is 12.1 Å². The zero-order chi connectivity index (χ0) is 18.2. The molecule has 0 saturated heterocycles. The van der Waals surface area contributed by atoms with E-state index in [2.05, 4.69) is 0 Å². The molecule has 0 bridgehead atoms. The van der Waals surface area contributed by atoms with Crippen LogP contribution < -0.4 is 0 Å². The topological polar surface area (TPSA) is 105 Å². The van der Waals surface area contributed by atoms with E-state index in [-0.39, 0.29) is 30.8 Å². The Balaban J connectivity index is 3.32. The summed E-state index contributed by atoms with van der Waals surface area (Å²) in [6, 6.07) is 5.42. The van der Waals surface area contributed by atoms with Crippen molar-refractivity contribution in [3.63, 3.8) is 0 Å². The maximum absolute atomic E-state index is 12.9. The molecule has 0 aliphatic carbocycles. The van der Waals surface area contributed by atoms with Gasteiger partial charge in [-0.25, -0.2) is 4.79 Å². The molecule has 0 N–H and O–H groups in total. The minimum absolute atomic E-state index is 0.0777. The largest absolute Gasteiger partial charge is 0.462 e. The summed E-state index contributed by atoms with van der Waals surface area (Å²) in [7, 11) is -3.86. The van der Waals surface area contributed by atoms with Crippen LogP contribution in [-0.4, -0.2) is 30.7 Å². The third-order valence-electron chi connectivity index (χ3n) is 2.79. The van der Waals surface area contributed by atoms with E-state index in [4.69, 9.17) is 13.8 Å². The van der Waals surface area contributed by atoms with Crippen LogP contribution in [-0.2, 0) is 23.1 Å². The van der Waals surface area contributed by atoms with Gasteiger partial charge in [0.15, 0.2) is 0 Å². The number of ether oxygens (including phenoxy) is 1. The van der Waals surface area contributed by atoms with Crippen LogP contribution in [0.15, 0.2) is 29.6 Å². The van der Waals surface area contributed by atoms with Crippen molar-refractivity contribution in [1.82, 2.24) is 0 Å². The molecule has 1 aromatic carbocycles. The SMILES string of the molecule is CCOC(=O)/C(=C\c1ccc([N+](=O)[O-])cc1)P(=O)(OCC)OCC. The molecule has 0 fully saturated rings. The number of hydrogen-bond acceptors (Lipinski definition) is 7. The summed E-state index contributed by atoms with van der Waals surface area (Å²) in [6.07, 6.45) is 1.30. The van der Waals surface area contributed by atoms with Crippen molar-refractivity contribution >= 4 is 25.3 Å². The Labute approximate surface area is 140 Å². The molecule has 0 unspecified atom stereocenters. The van der Waals surface area contributed by atoms with Gasteiger partial charge in [-0.2, -0.15) is 0 Å². The number of benzene rings is 1. The molecule has 8 nitrogen and oxygen atoms in total. The first-order valence-corrected chi connectivity index (χ1v) is 8.95. The summed E-state index contributed by atoms with van der Waals surface area (Å²) in [4.78, 5) is 22.3. The van der Waals surface area contributed by atoms with E-state index < -0.39 is 18.5 Å². The van der Waals surface area contributed by atoms with Gasteiger partial charge in [-0.05, 0) is 44.5 Å². The number of nitro benzene ring substituents is 1. The normalized spacial score (nSPS) is 12.0. The Kier molecular flexibility index (Phi) is 7.78. The highest BCUT2D eigenvalue weighted by Gasteiger charge is 2.36. The van der Waals surface area contributed by atoms with Gasteiger partial charge >= 0.3 is 13.6 Å². The van der Waals surface area contributed by atoms with Gasteiger partial charge < -0.3 is 13.8 Å². The highest BCUT2D eigenvalue weighted by molar-refractivity contribution is 7.60. The van der Waals surface area contributed by atoms with E-state index >= 15 is 0 Å². The molecule has 0 aromatic heterocycles. The van der Waals surface area contributed by atoms with Crippen LogP contribution in [0.4, 0.5) is 5.69 Å². The molecule has 1 aromatic rings. The van der Waals surface area contributed by atoms with E-state index in [9.17, 15) is 19.5 Å². The second-order valence-corrected chi connectivity index (χ2v) is 6.42. The van der Waals surface area contributed by atoms with Gasteiger partial charge in [-0.1, -0.05) is 0 Å². The summed E-state index contributed by atoms with van der Waals surface area (Å²) in [5.74, 6) is -0.818. The first-order chi connectivity index (χ1) is 11.4. The second-order valence-electron chi connectivity index (χ2n) is 4.43. The molecule has 0 heterocycles.